The lowest BCUT2D eigenvalue weighted by Gasteiger charge is -2.22. The van der Waals surface area contributed by atoms with E-state index in [0.29, 0.717) is 0 Å². The lowest BCUT2D eigenvalue weighted by molar-refractivity contribution is -0.142. The first kappa shape index (κ1) is 26.4. The molecule has 3 aromatic rings. The number of benzene rings is 3. The molecule has 9 nitrogen and oxygen atoms in total. The minimum atomic E-state index is -1.34. The number of nitrogens with one attached hydrogen (secondary N) is 2. The Morgan fingerprint density at radius 3 is 1.97 bits per heavy atom. The van der Waals surface area contributed by atoms with Gasteiger partial charge in [-0.25, -0.2) is 9.59 Å². The van der Waals surface area contributed by atoms with Gasteiger partial charge in [0, 0.05) is 18.8 Å². The van der Waals surface area contributed by atoms with Crippen LogP contribution in [0.1, 0.15) is 35.4 Å². The van der Waals surface area contributed by atoms with E-state index in [2.05, 4.69) is 10.6 Å². The van der Waals surface area contributed by atoms with E-state index in [1.807, 2.05) is 54.6 Å². The second kappa shape index (κ2) is 12.1. The molecule has 1 aliphatic carbocycles. The third kappa shape index (κ3) is 6.36. The number of hydrogen-bond acceptors (Lipinski definition) is 5. The van der Waals surface area contributed by atoms with Crippen molar-refractivity contribution in [3.63, 3.8) is 0 Å². The fourth-order valence-corrected chi connectivity index (χ4v) is 4.66. The Hall–Kier alpha value is -4.66. The summed E-state index contributed by atoms with van der Waals surface area (Å²) in [5.74, 6) is -2.85. The highest BCUT2D eigenvalue weighted by Gasteiger charge is 2.31. The van der Waals surface area contributed by atoms with E-state index in [1.165, 1.54) is 0 Å². The minimum absolute atomic E-state index is 0.0654. The van der Waals surface area contributed by atoms with Gasteiger partial charge in [0.25, 0.3) is 0 Å². The Morgan fingerprint density at radius 1 is 0.816 bits per heavy atom. The number of carbonyl (C=O) groups is 4. The van der Waals surface area contributed by atoms with Crippen molar-refractivity contribution in [3.05, 3.63) is 95.6 Å². The zero-order valence-corrected chi connectivity index (χ0v) is 20.6. The summed E-state index contributed by atoms with van der Waals surface area (Å²) >= 11 is 0. The summed E-state index contributed by atoms with van der Waals surface area (Å²) in [6, 6.07) is 22.4. The van der Waals surface area contributed by atoms with Crippen LogP contribution in [0, 0.1) is 0 Å². The molecule has 0 aliphatic heterocycles. The Bertz CT molecular complexity index is 1280. The predicted octanol–water partition coefficient (Wildman–Crippen LogP) is 2.97. The number of alkyl carbamates (subject to hydrolysis) is 1. The van der Waals surface area contributed by atoms with E-state index >= 15 is 0 Å². The van der Waals surface area contributed by atoms with Crippen molar-refractivity contribution in [1.29, 1.82) is 0 Å². The van der Waals surface area contributed by atoms with Gasteiger partial charge in [0.1, 0.15) is 18.7 Å². The SMILES string of the molecule is NC(=O)CC[C@H](NC(=O)[C@H](Cc1ccccc1)NC(=O)OCC1c2ccccc2-c2ccccc21)C(=O)O. The highest BCUT2D eigenvalue weighted by molar-refractivity contribution is 5.90. The third-order valence-electron chi connectivity index (χ3n) is 6.53. The summed E-state index contributed by atoms with van der Waals surface area (Å²) < 4.78 is 5.58. The fourth-order valence-electron chi connectivity index (χ4n) is 4.66. The quantitative estimate of drug-likeness (QED) is 0.309. The first-order chi connectivity index (χ1) is 18.3. The van der Waals surface area contributed by atoms with E-state index in [0.717, 1.165) is 27.8 Å². The highest BCUT2D eigenvalue weighted by Crippen LogP contribution is 2.44. The molecule has 0 unspecified atom stereocenters. The average molecular weight is 516 g/mol. The number of aliphatic carboxylic acids is 1. The lowest BCUT2D eigenvalue weighted by Crippen LogP contribution is -2.52. The van der Waals surface area contributed by atoms with Gasteiger partial charge < -0.3 is 26.2 Å². The molecule has 5 N–H and O–H groups in total. The van der Waals surface area contributed by atoms with Gasteiger partial charge in [0.2, 0.25) is 11.8 Å². The van der Waals surface area contributed by atoms with Crippen LogP contribution in [-0.2, 0) is 25.5 Å². The highest BCUT2D eigenvalue weighted by atomic mass is 16.5. The monoisotopic (exact) mass is 515 g/mol. The van der Waals surface area contributed by atoms with Crippen molar-refractivity contribution >= 4 is 23.9 Å². The van der Waals surface area contributed by atoms with Gasteiger partial charge >= 0.3 is 12.1 Å². The second-order valence-corrected chi connectivity index (χ2v) is 9.12. The number of rotatable bonds is 11. The largest absolute Gasteiger partial charge is 0.480 e. The number of carboxylic acids is 1. The molecule has 0 saturated carbocycles. The molecule has 0 fully saturated rings. The minimum Gasteiger partial charge on any atom is -0.480 e. The molecule has 3 amide bonds. The van der Waals surface area contributed by atoms with Gasteiger partial charge in [-0.15, -0.1) is 0 Å². The molecule has 9 heteroatoms. The number of nitrogens with two attached hydrogens (primary N) is 1. The molecule has 3 aromatic carbocycles. The van der Waals surface area contributed by atoms with E-state index in [-0.39, 0.29) is 31.8 Å². The summed E-state index contributed by atoms with van der Waals surface area (Å²) in [7, 11) is 0. The average Bonchev–Trinajstić information content (AvgIpc) is 3.23. The Kier molecular flexibility index (Phi) is 8.37. The molecule has 0 aromatic heterocycles. The number of fused-ring (bicyclic) bond motifs is 3. The predicted molar refractivity (Wildman–Crippen MR) is 140 cm³/mol. The number of amides is 3. The van der Waals surface area contributed by atoms with E-state index in [1.54, 1.807) is 24.3 Å². The maximum absolute atomic E-state index is 13.1. The Morgan fingerprint density at radius 2 is 1.39 bits per heavy atom. The number of ether oxygens (including phenoxy) is 1. The first-order valence-corrected chi connectivity index (χ1v) is 12.3. The lowest BCUT2D eigenvalue weighted by atomic mass is 9.98. The summed E-state index contributed by atoms with van der Waals surface area (Å²) in [5, 5.41) is 14.5. The van der Waals surface area contributed by atoms with Crippen LogP contribution in [0.15, 0.2) is 78.9 Å². The maximum atomic E-state index is 13.1. The third-order valence-corrected chi connectivity index (χ3v) is 6.53. The number of carboxylic acid groups (broad SMARTS) is 1. The summed E-state index contributed by atoms with van der Waals surface area (Å²) in [5.41, 5.74) is 10.2. The smallest absolute Gasteiger partial charge is 0.407 e. The van der Waals surface area contributed by atoms with Crippen molar-refractivity contribution in [2.75, 3.05) is 6.61 Å². The molecule has 38 heavy (non-hydrogen) atoms. The zero-order valence-electron chi connectivity index (χ0n) is 20.6. The zero-order chi connectivity index (χ0) is 27.1. The molecule has 0 bridgehead atoms. The van der Waals surface area contributed by atoms with Crippen molar-refractivity contribution in [3.8, 4) is 11.1 Å². The molecule has 4 rings (SSSR count). The van der Waals surface area contributed by atoms with Crippen LogP contribution in [0.2, 0.25) is 0 Å². The molecular formula is C29H29N3O6. The van der Waals surface area contributed by atoms with E-state index < -0.39 is 36.0 Å². The van der Waals surface area contributed by atoms with Gasteiger partial charge in [-0.3, -0.25) is 9.59 Å². The van der Waals surface area contributed by atoms with Crippen LogP contribution >= 0.6 is 0 Å². The fraction of sp³-hybridized carbons (Fsp3) is 0.241. The Labute approximate surface area is 220 Å². The maximum Gasteiger partial charge on any atom is 0.407 e. The Balaban J connectivity index is 1.45. The molecule has 1 aliphatic rings. The number of hydrogen-bond donors (Lipinski definition) is 4. The van der Waals surface area contributed by atoms with Gasteiger partial charge in [-0.05, 0) is 34.2 Å². The summed E-state index contributed by atoms with van der Waals surface area (Å²) in [6.07, 6.45) is -1.06. The van der Waals surface area contributed by atoms with Gasteiger partial charge in [-0.1, -0.05) is 78.9 Å². The van der Waals surface area contributed by atoms with Crippen LogP contribution in [0.3, 0.4) is 0 Å². The normalized spacial score (nSPS) is 13.5. The van der Waals surface area contributed by atoms with Crippen LogP contribution in [0.5, 0.6) is 0 Å². The van der Waals surface area contributed by atoms with E-state index in [4.69, 9.17) is 10.5 Å². The molecule has 0 spiro atoms. The summed E-state index contributed by atoms with van der Waals surface area (Å²) in [4.78, 5) is 48.7. The van der Waals surface area contributed by atoms with Crippen molar-refractivity contribution < 1.29 is 29.0 Å². The molecule has 0 heterocycles. The van der Waals surface area contributed by atoms with Gasteiger partial charge in [0.05, 0.1) is 0 Å². The molecule has 2 atom stereocenters. The van der Waals surface area contributed by atoms with Gasteiger partial charge in [0.15, 0.2) is 0 Å². The second-order valence-electron chi connectivity index (χ2n) is 9.12. The van der Waals surface area contributed by atoms with Crippen LogP contribution in [0.25, 0.3) is 11.1 Å². The standard InChI is InChI=1S/C29H29N3O6/c30-26(33)15-14-24(28(35)36)31-27(34)25(16-18-8-2-1-3-9-18)32-29(37)38-17-23-21-12-6-4-10-19(21)20-11-5-7-13-22(20)23/h1-13,23-25H,14-17H2,(H2,30,33)(H,31,34)(H,32,37)(H,35,36)/t24-,25-/m0/s1. The van der Waals surface area contributed by atoms with E-state index in [9.17, 15) is 24.3 Å². The number of carbonyl (C=O) groups excluding carboxylic acids is 3. The first-order valence-electron chi connectivity index (χ1n) is 12.3. The van der Waals surface area contributed by atoms with Crippen molar-refractivity contribution in [1.82, 2.24) is 10.6 Å². The molecular weight excluding hydrogens is 486 g/mol. The van der Waals surface area contributed by atoms with Crippen LogP contribution in [0.4, 0.5) is 4.79 Å². The topological polar surface area (TPSA) is 148 Å². The molecule has 0 radical (unpaired) electrons. The van der Waals surface area contributed by atoms with Crippen LogP contribution in [-0.4, -0.2) is 47.7 Å². The summed E-state index contributed by atoms with van der Waals surface area (Å²) in [6.45, 7) is 0.0654. The molecule has 0 saturated heterocycles. The van der Waals surface area contributed by atoms with Crippen molar-refractivity contribution in [2.24, 2.45) is 5.73 Å². The number of primary amides is 1. The van der Waals surface area contributed by atoms with Crippen molar-refractivity contribution in [2.45, 2.75) is 37.3 Å². The molecule has 196 valence electrons. The van der Waals surface area contributed by atoms with Gasteiger partial charge in [-0.2, -0.15) is 0 Å². The van der Waals surface area contributed by atoms with Crippen LogP contribution < -0.4 is 16.4 Å².